The predicted octanol–water partition coefficient (Wildman–Crippen LogP) is 2.57. The Morgan fingerprint density at radius 1 is 1.08 bits per heavy atom. The fourth-order valence-corrected chi connectivity index (χ4v) is 2.84. The van der Waals surface area contributed by atoms with E-state index >= 15 is 0 Å². The second-order valence-electron chi connectivity index (χ2n) is 4.69. The number of rotatable bonds is 4. The van der Waals surface area contributed by atoms with E-state index in [2.05, 4.69) is 14.8 Å². The number of ether oxygens (including phenoxy) is 2. The van der Waals surface area contributed by atoms with E-state index in [0.29, 0.717) is 10.8 Å². The summed E-state index contributed by atoms with van der Waals surface area (Å²) in [6.07, 6.45) is 0. The molecule has 2 heterocycles. The molecule has 0 unspecified atom stereocenters. The zero-order valence-electron chi connectivity index (χ0n) is 12.9. The SMILES string of the molecule is COC(=O)c1csc(-n2nc(-c3ccccc3)cc2C(=O)OC)n1. The van der Waals surface area contributed by atoms with E-state index in [1.165, 1.54) is 30.2 Å². The summed E-state index contributed by atoms with van der Waals surface area (Å²) in [6, 6.07) is 11.0. The molecule has 0 bridgehead atoms. The molecule has 0 amide bonds. The van der Waals surface area contributed by atoms with Crippen LogP contribution in [0.4, 0.5) is 0 Å². The zero-order valence-corrected chi connectivity index (χ0v) is 13.7. The number of hydrogen-bond donors (Lipinski definition) is 0. The van der Waals surface area contributed by atoms with Gasteiger partial charge in [0, 0.05) is 10.9 Å². The number of methoxy groups -OCH3 is 2. The molecule has 0 saturated heterocycles. The molecule has 0 aliphatic heterocycles. The molecule has 0 saturated carbocycles. The Bertz CT molecular complexity index is 886. The van der Waals surface area contributed by atoms with Gasteiger partial charge in [0.05, 0.1) is 19.9 Å². The maximum absolute atomic E-state index is 12.1. The molecular formula is C16H13N3O4S. The Morgan fingerprint density at radius 2 is 1.79 bits per heavy atom. The number of esters is 2. The maximum atomic E-state index is 12.1. The number of nitrogens with zero attached hydrogens (tertiary/aromatic N) is 3. The van der Waals surface area contributed by atoms with Gasteiger partial charge in [-0.1, -0.05) is 30.3 Å². The van der Waals surface area contributed by atoms with Crippen molar-refractivity contribution in [1.82, 2.24) is 14.8 Å². The largest absolute Gasteiger partial charge is 0.464 e. The van der Waals surface area contributed by atoms with Gasteiger partial charge in [-0.2, -0.15) is 9.78 Å². The monoisotopic (exact) mass is 343 g/mol. The van der Waals surface area contributed by atoms with E-state index in [1.54, 1.807) is 11.4 Å². The summed E-state index contributed by atoms with van der Waals surface area (Å²) in [5.74, 6) is -1.09. The maximum Gasteiger partial charge on any atom is 0.357 e. The Morgan fingerprint density at radius 3 is 2.46 bits per heavy atom. The Labute approximate surface area is 141 Å². The minimum Gasteiger partial charge on any atom is -0.464 e. The smallest absolute Gasteiger partial charge is 0.357 e. The molecule has 0 aliphatic carbocycles. The van der Waals surface area contributed by atoms with Gasteiger partial charge in [0.1, 0.15) is 0 Å². The molecule has 0 N–H and O–H groups in total. The van der Waals surface area contributed by atoms with E-state index < -0.39 is 11.9 Å². The van der Waals surface area contributed by atoms with Crippen LogP contribution >= 0.6 is 11.3 Å². The van der Waals surface area contributed by atoms with Crippen molar-refractivity contribution < 1.29 is 19.1 Å². The van der Waals surface area contributed by atoms with Crippen LogP contribution in [0.1, 0.15) is 21.0 Å². The molecule has 3 rings (SSSR count). The Hall–Kier alpha value is -3.00. The molecule has 0 radical (unpaired) electrons. The van der Waals surface area contributed by atoms with Crippen molar-refractivity contribution >= 4 is 23.3 Å². The molecule has 24 heavy (non-hydrogen) atoms. The molecule has 0 aliphatic rings. The van der Waals surface area contributed by atoms with Crippen LogP contribution in [0.2, 0.25) is 0 Å². The number of carbonyl (C=O) groups is 2. The molecule has 8 heteroatoms. The predicted molar refractivity (Wildman–Crippen MR) is 87.4 cm³/mol. The zero-order chi connectivity index (χ0) is 17.1. The van der Waals surface area contributed by atoms with E-state index in [4.69, 9.17) is 4.74 Å². The first kappa shape index (κ1) is 15.9. The fourth-order valence-electron chi connectivity index (χ4n) is 2.09. The third-order valence-corrected chi connectivity index (χ3v) is 4.06. The molecule has 3 aromatic rings. The highest BCUT2D eigenvalue weighted by Gasteiger charge is 2.21. The lowest BCUT2D eigenvalue weighted by Crippen LogP contribution is -2.10. The number of carbonyl (C=O) groups excluding carboxylic acids is 2. The van der Waals surface area contributed by atoms with Gasteiger partial charge in [0.2, 0.25) is 5.13 Å². The molecule has 0 atom stereocenters. The molecular weight excluding hydrogens is 330 g/mol. The highest BCUT2D eigenvalue weighted by Crippen LogP contribution is 2.24. The quantitative estimate of drug-likeness (QED) is 0.677. The normalized spacial score (nSPS) is 10.4. The topological polar surface area (TPSA) is 83.3 Å². The molecule has 2 aromatic heterocycles. The van der Waals surface area contributed by atoms with Crippen LogP contribution in [0.3, 0.4) is 0 Å². The average molecular weight is 343 g/mol. The van der Waals surface area contributed by atoms with Crippen molar-refractivity contribution in [1.29, 1.82) is 0 Å². The average Bonchev–Trinajstić information content (AvgIpc) is 3.28. The minimum absolute atomic E-state index is 0.157. The van der Waals surface area contributed by atoms with Crippen LogP contribution in [0, 0.1) is 0 Å². The van der Waals surface area contributed by atoms with Gasteiger partial charge < -0.3 is 9.47 Å². The fraction of sp³-hybridized carbons (Fsp3) is 0.125. The van der Waals surface area contributed by atoms with Gasteiger partial charge in [-0.3, -0.25) is 0 Å². The van der Waals surface area contributed by atoms with Crippen molar-refractivity contribution in [3.05, 3.63) is 53.2 Å². The van der Waals surface area contributed by atoms with Crippen LogP contribution < -0.4 is 0 Å². The van der Waals surface area contributed by atoms with Crippen molar-refractivity contribution in [2.24, 2.45) is 0 Å². The number of hydrogen-bond acceptors (Lipinski definition) is 7. The summed E-state index contributed by atoms with van der Waals surface area (Å²) >= 11 is 1.18. The van der Waals surface area contributed by atoms with Gasteiger partial charge in [0.25, 0.3) is 0 Å². The van der Waals surface area contributed by atoms with E-state index in [9.17, 15) is 9.59 Å². The Kier molecular flexibility index (Phi) is 4.39. The molecule has 1 aromatic carbocycles. The van der Waals surface area contributed by atoms with Gasteiger partial charge >= 0.3 is 11.9 Å². The lowest BCUT2D eigenvalue weighted by atomic mass is 10.1. The van der Waals surface area contributed by atoms with E-state index in [-0.39, 0.29) is 11.4 Å². The van der Waals surface area contributed by atoms with Gasteiger partial charge in [0.15, 0.2) is 11.4 Å². The third-order valence-electron chi connectivity index (χ3n) is 3.24. The van der Waals surface area contributed by atoms with Gasteiger partial charge in [-0.25, -0.2) is 14.6 Å². The number of thiazole rings is 1. The highest BCUT2D eigenvalue weighted by molar-refractivity contribution is 7.12. The first-order chi connectivity index (χ1) is 11.6. The summed E-state index contributed by atoms with van der Waals surface area (Å²) in [7, 11) is 2.58. The first-order valence-electron chi connectivity index (χ1n) is 6.92. The van der Waals surface area contributed by atoms with E-state index in [0.717, 1.165) is 5.56 Å². The van der Waals surface area contributed by atoms with E-state index in [1.807, 2.05) is 30.3 Å². The van der Waals surface area contributed by atoms with Gasteiger partial charge in [-0.15, -0.1) is 11.3 Å². The van der Waals surface area contributed by atoms with Crippen LogP contribution in [-0.4, -0.2) is 40.9 Å². The summed E-state index contributed by atoms with van der Waals surface area (Å²) in [5, 5.41) is 6.35. The van der Waals surface area contributed by atoms with Crippen molar-refractivity contribution in [2.45, 2.75) is 0 Å². The van der Waals surface area contributed by atoms with Crippen LogP contribution in [-0.2, 0) is 9.47 Å². The second kappa shape index (κ2) is 6.63. The lowest BCUT2D eigenvalue weighted by Gasteiger charge is -2.01. The summed E-state index contributed by atoms with van der Waals surface area (Å²) < 4.78 is 10.8. The summed E-state index contributed by atoms with van der Waals surface area (Å²) in [4.78, 5) is 27.8. The van der Waals surface area contributed by atoms with Crippen LogP contribution in [0.25, 0.3) is 16.4 Å². The third kappa shape index (κ3) is 2.91. The van der Waals surface area contributed by atoms with Gasteiger partial charge in [-0.05, 0) is 6.07 Å². The standard InChI is InChI=1S/C16H13N3O4S/c1-22-14(20)12-9-24-16(17-12)19-13(15(21)23-2)8-11(18-19)10-6-4-3-5-7-10/h3-9H,1-2H3. The Balaban J connectivity index is 2.09. The van der Waals surface area contributed by atoms with Crippen molar-refractivity contribution in [3.63, 3.8) is 0 Å². The minimum atomic E-state index is -0.549. The number of benzene rings is 1. The van der Waals surface area contributed by atoms with Crippen LogP contribution in [0.5, 0.6) is 0 Å². The molecule has 0 fully saturated rings. The van der Waals surface area contributed by atoms with Crippen molar-refractivity contribution in [3.8, 4) is 16.4 Å². The highest BCUT2D eigenvalue weighted by atomic mass is 32.1. The van der Waals surface area contributed by atoms with Crippen LogP contribution in [0.15, 0.2) is 41.8 Å². The first-order valence-corrected chi connectivity index (χ1v) is 7.80. The molecule has 7 nitrogen and oxygen atoms in total. The van der Waals surface area contributed by atoms with Crippen molar-refractivity contribution in [2.75, 3.05) is 14.2 Å². The summed E-state index contributed by atoms with van der Waals surface area (Å²) in [6.45, 7) is 0. The lowest BCUT2D eigenvalue weighted by molar-refractivity contribution is 0.0586. The molecule has 0 spiro atoms. The summed E-state index contributed by atoms with van der Waals surface area (Å²) in [5.41, 5.74) is 1.84. The molecule has 122 valence electrons. The number of aromatic nitrogens is 3. The second-order valence-corrected chi connectivity index (χ2v) is 5.53.